The molecule has 4 rings (SSSR count). The molecule has 1 saturated heterocycles. The number of carbonyl (C=O) groups is 4. The summed E-state index contributed by atoms with van der Waals surface area (Å²) in [6, 6.07) is 6.14. The number of rotatable bonds is 4. The molecule has 3 aliphatic rings. The van der Waals surface area contributed by atoms with Crippen LogP contribution in [0.15, 0.2) is 24.3 Å². The molecule has 40 heavy (non-hydrogen) atoms. The summed E-state index contributed by atoms with van der Waals surface area (Å²) < 4.78 is 39.7. The Morgan fingerprint density at radius 3 is 2.40 bits per heavy atom. The molecule has 0 bridgehead atoms. The van der Waals surface area contributed by atoms with Gasteiger partial charge in [-0.15, -0.1) is 0 Å². The van der Waals surface area contributed by atoms with E-state index in [1.807, 2.05) is 20.8 Å². The number of anilines is 1. The van der Waals surface area contributed by atoms with Gasteiger partial charge in [0, 0.05) is 24.7 Å². The van der Waals surface area contributed by atoms with Crippen molar-refractivity contribution >= 4 is 29.3 Å². The summed E-state index contributed by atoms with van der Waals surface area (Å²) in [5.41, 5.74) is -1.60. The van der Waals surface area contributed by atoms with Crippen molar-refractivity contribution in [3.05, 3.63) is 29.8 Å². The average Bonchev–Trinajstić information content (AvgIpc) is 3.37. The minimum absolute atomic E-state index is 0.0753. The second-order valence-corrected chi connectivity index (χ2v) is 12.9. The monoisotopic (exact) mass is 561 g/mol. The van der Waals surface area contributed by atoms with Crippen molar-refractivity contribution < 1.29 is 32.3 Å². The topological polar surface area (TPSA) is 131 Å². The van der Waals surface area contributed by atoms with Gasteiger partial charge in [-0.2, -0.15) is 18.4 Å². The van der Waals surface area contributed by atoms with Crippen LogP contribution in [0.2, 0.25) is 0 Å². The third-order valence-electron chi connectivity index (χ3n) is 8.51. The number of fused-ring (bicyclic) bond motifs is 2. The highest BCUT2D eigenvalue weighted by molar-refractivity contribution is 6.35. The van der Waals surface area contributed by atoms with Crippen LogP contribution in [-0.4, -0.2) is 59.4 Å². The van der Waals surface area contributed by atoms with Crippen LogP contribution in [0.1, 0.15) is 59.4 Å². The molecule has 1 aromatic rings. The standard InChI is InChI=1S/C28H34F3N5O4/c1-25(2,3)12-18(33-21(37)22(38)35-20-10-19(26(20,4)5)28(29,30)31)23(39)36-14-27(11-15(36)13-32)16-8-6-7-9-17(16)34-24(27)40/h6-9,15,18-20H,10-12,14H2,1-5H3,(H,33,37)(H,34,40)(H,35,38)/t15-,18-,19?,20-,27-/m0/s1. The van der Waals surface area contributed by atoms with Crippen molar-refractivity contribution in [2.45, 2.75) is 83.6 Å². The first-order chi connectivity index (χ1) is 18.4. The Kier molecular flexibility index (Phi) is 7.18. The number of hydrogen-bond donors (Lipinski definition) is 3. The van der Waals surface area contributed by atoms with Crippen molar-refractivity contribution in [2.24, 2.45) is 16.7 Å². The molecule has 2 heterocycles. The molecule has 0 radical (unpaired) electrons. The molecule has 0 aromatic heterocycles. The van der Waals surface area contributed by atoms with Crippen LogP contribution in [0.4, 0.5) is 18.9 Å². The fraction of sp³-hybridized carbons (Fsp3) is 0.607. The summed E-state index contributed by atoms with van der Waals surface area (Å²) in [6.45, 7) is 8.19. The highest BCUT2D eigenvalue weighted by atomic mass is 19.4. The molecule has 1 unspecified atom stereocenters. The van der Waals surface area contributed by atoms with E-state index in [-0.39, 0.29) is 31.7 Å². The number of hydrogen-bond acceptors (Lipinski definition) is 5. The molecule has 12 heteroatoms. The Bertz CT molecular complexity index is 1280. The van der Waals surface area contributed by atoms with Crippen molar-refractivity contribution in [1.82, 2.24) is 15.5 Å². The van der Waals surface area contributed by atoms with Crippen molar-refractivity contribution in [1.29, 1.82) is 5.26 Å². The van der Waals surface area contributed by atoms with Gasteiger partial charge < -0.3 is 20.9 Å². The van der Waals surface area contributed by atoms with Crippen LogP contribution < -0.4 is 16.0 Å². The van der Waals surface area contributed by atoms with Crippen LogP contribution in [-0.2, 0) is 24.6 Å². The van der Waals surface area contributed by atoms with Crippen LogP contribution in [0, 0.1) is 28.1 Å². The van der Waals surface area contributed by atoms with Gasteiger partial charge in [0.2, 0.25) is 11.8 Å². The molecule has 1 saturated carbocycles. The third kappa shape index (κ3) is 5.13. The number of halogens is 3. The van der Waals surface area contributed by atoms with Gasteiger partial charge in [0.25, 0.3) is 0 Å². The Morgan fingerprint density at radius 1 is 1.18 bits per heavy atom. The van der Waals surface area contributed by atoms with Crippen molar-refractivity contribution in [3.63, 3.8) is 0 Å². The van der Waals surface area contributed by atoms with E-state index in [9.17, 15) is 37.6 Å². The van der Waals surface area contributed by atoms with E-state index in [1.165, 1.54) is 18.7 Å². The maximum absolute atomic E-state index is 13.8. The number of para-hydroxylation sites is 1. The zero-order valence-electron chi connectivity index (χ0n) is 23.1. The summed E-state index contributed by atoms with van der Waals surface area (Å²) in [5, 5.41) is 17.6. The first kappa shape index (κ1) is 29.4. The molecule has 1 aliphatic carbocycles. The quantitative estimate of drug-likeness (QED) is 0.487. The summed E-state index contributed by atoms with van der Waals surface area (Å²) in [7, 11) is 0. The maximum atomic E-state index is 13.8. The fourth-order valence-electron chi connectivity index (χ4n) is 6.17. The normalized spacial score (nSPS) is 27.7. The minimum atomic E-state index is -4.42. The maximum Gasteiger partial charge on any atom is 0.392 e. The molecule has 4 amide bonds. The largest absolute Gasteiger partial charge is 0.392 e. The van der Waals surface area contributed by atoms with Crippen LogP contribution >= 0.6 is 0 Å². The molecule has 9 nitrogen and oxygen atoms in total. The van der Waals surface area contributed by atoms with Gasteiger partial charge in [-0.25, -0.2) is 0 Å². The van der Waals surface area contributed by atoms with E-state index in [4.69, 9.17) is 0 Å². The molecule has 216 valence electrons. The number of alkyl halides is 3. The second-order valence-electron chi connectivity index (χ2n) is 12.9. The van der Waals surface area contributed by atoms with Gasteiger partial charge >= 0.3 is 18.0 Å². The van der Waals surface area contributed by atoms with Gasteiger partial charge in [-0.3, -0.25) is 19.2 Å². The molecule has 1 spiro atoms. The molecular formula is C28H34F3N5O4. The summed E-state index contributed by atoms with van der Waals surface area (Å²) >= 11 is 0. The average molecular weight is 562 g/mol. The highest BCUT2D eigenvalue weighted by Crippen LogP contribution is 2.54. The molecular weight excluding hydrogens is 527 g/mol. The van der Waals surface area contributed by atoms with Crippen molar-refractivity contribution in [3.8, 4) is 6.07 Å². The van der Waals surface area contributed by atoms with Gasteiger partial charge in [0.15, 0.2) is 0 Å². The summed E-state index contributed by atoms with van der Waals surface area (Å²) in [4.78, 5) is 53.8. The predicted molar refractivity (Wildman–Crippen MR) is 138 cm³/mol. The lowest BCUT2D eigenvalue weighted by molar-refractivity contribution is -0.242. The Labute approximate surface area is 230 Å². The van der Waals surface area contributed by atoms with Crippen LogP contribution in [0.25, 0.3) is 0 Å². The number of nitrogens with zero attached hydrogens (tertiary/aromatic N) is 2. The van der Waals surface area contributed by atoms with E-state index in [0.717, 1.165) is 0 Å². The van der Waals surface area contributed by atoms with Gasteiger partial charge in [-0.05, 0) is 35.3 Å². The number of amides is 4. The smallest absolute Gasteiger partial charge is 0.345 e. The van der Waals surface area contributed by atoms with E-state index in [1.54, 1.807) is 24.3 Å². The fourth-order valence-corrected chi connectivity index (χ4v) is 6.17. The molecule has 3 N–H and O–H groups in total. The zero-order chi connectivity index (χ0) is 29.8. The van der Waals surface area contributed by atoms with Gasteiger partial charge in [-0.1, -0.05) is 52.8 Å². The summed E-state index contributed by atoms with van der Waals surface area (Å²) in [6.07, 6.45) is -4.58. The minimum Gasteiger partial charge on any atom is -0.345 e. The van der Waals surface area contributed by atoms with Crippen LogP contribution in [0.5, 0.6) is 0 Å². The van der Waals surface area contributed by atoms with Gasteiger partial charge in [0.1, 0.15) is 12.1 Å². The molecule has 5 atom stereocenters. The van der Waals surface area contributed by atoms with E-state index < -0.39 is 64.2 Å². The third-order valence-corrected chi connectivity index (χ3v) is 8.51. The number of likely N-dealkylation sites (tertiary alicyclic amines) is 1. The predicted octanol–water partition coefficient (Wildman–Crippen LogP) is 3.02. The van der Waals surface area contributed by atoms with E-state index in [0.29, 0.717) is 11.3 Å². The number of benzene rings is 1. The van der Waals surface area contributed by atoms with E-state index in [2.05, 4.69) is 22.0 Å². The van der Waals surface area contributed by atoms with E-state index >= 15 is 0 Å². The Morgan fingerprint density at radius 2 is 1.82 bits per heavy atom. The lowest BCUT2D eigenvalue weighted by Gasteiger charge is -2.52. The molecule has 1 aromatic carbocycles. The van der Waals surface area contributed by atoms with Gasteiger partial charge in [0.05, 0.1) is 17.4 Å². The van der Waals surface area contributed by atoms with Crippen molar-refractivity contribution in [2.75, 3.05) is 11.9 Å². The lowest BCUT2D eigenvalue weighted by Crippen LogP contribution is -2.64. The SMILES string of the molecule is CC(C)(C)C[C@H](NC(=O)C(=O)N[C@H]1CC(C(F)(F)F)C1(C)C)C(=O)N1C[C@]2(C[C@H]1C#N)C(=O)Nc1ccccc12. The number of carbonyl (C=O) groups excluding carboxylic acids is 4. The first-order valence-corrected chi connectivity index (χ1v) is 13.2. The molecule has 2 fully saturated rings. The van der Waals surface area contributed by atoms with Crippen LogP contribution in [0.3, 0.4) is 0 Å². The Balaban J connectivity index is 1.51. The zero-order valence-corrected chi connectivity index (χ0v) is 23.1. The first-order valence-electron chi connectivity index (χ1n) is 13.2. The second kappa shape index (κ2) is 9.78. The molecule has 2 aliphatic heterocycles. The highest BCUT2D eigenvalue weighted by Gasteiger charge is 2.61. The number of nitriles is 1. The number of nitrogens with one attached hydrogen (secondary N) is 3. The summed E-state index contributed by atoms with van der Waals surface area (Å²) in [5.74, 6) is -4.82. The Hall–Kier alpha value is -3.62. The lowest BCUT2D eigenvalue weighted by atomic mass is 9.58.